The molecule has 7 nitrogen and oxygen atoms in total. The van der Waals surface area contributed by atoms with E-state index in [1.54, 1.807) is 45.2 Å². The van der Waals surface area contributed by atoms with Crippen molar-refractivity contribution < 1.29 is 23.9 Å². The maximum atomic E-state index is 12.4. The van der Waals surface area contributed by atoms with E-state index >= 15 is 0 Å². The second kappa shape index (κ2) is 12.4. The lowest BCUT2D eigenvalue weighted by molar-refractivity contribution is -0.148. The molecule has 166 valence electrons. The molecule has 0 aliphatic heterocycles. The Balaban J connectivity index is 1.82. The standard InChI is InChI=1S/C24H30N2O5/c1-17(2)31-23(28)16-21(18-8-5-4-6-9-18)26-22(27)10-7-15-25-24(29)19-11-13-20(30-3)14-12-19/h4-6,8-9,11-14,17,21H,7,10,15-16H2,1-3H3,(H,25,29)(H,26,27). The van der Waals surface area contributed by atoms with E-state index in [2.05, 4.69) is 10.6 Å². The monoisotopic (exact) mass is 426 g/mol. The lowest BCUT2D eigenvalue weighted by Crippen LogP contribution is -2.32. The topological polar surface area (TPSA) is 93.7 Å². The van der Waals surface area contributed by atoms with Gasteiger partial charge in [-0.15, -0.1) is 0 Å². The van der Waals surface area contributed by atoms with Gasteiger partial charge in [-0.25, -0.2) is 0 Å². The molecule has 2 N–H and O–H groups in total. The first-order chi connectivity index (χ1) is 14.9. The van der Waals surface area contributed by atoms with E-state index in [0.717, 1.165) is 5.56 Å². The summed E-state index contributed by atoms with van der Waals surface area (Å²) in [6.45, 7) is 3.94. The third-order valence-corrected chi connectivity index (χ3v) is 4.49. The molecule has 31 heavy (non-hydrogen) atoms. The van der Waals surface area contributed by atoms with E-state index in [1.807, 2.05) is 30.3 Å². The van der Waals surface area contributed by atoms with Crippen LogP contribution in [0.15, 0.2) is 54.6 Å². The summed E-state index contributed by atoms with van der Waals surface area (Å²) in [5.41, 5.74) is 1.36. The number of hydrogen-bond donors (Lipinski definition) is 2. The number of methoxy groups -OCH3 is 1. The number of hydrogen-bond acceptors (Lipinski definition) is 5. The van der Waals surface area contributed by atoms with Gasteiger partial charge in [0.25, 0.3) is 5.91 Å². The smallest absolute Gasteiger partial charge is 0.308 e. The number of amides is 2. The minimum Gasteiger partial charge on any atom is -0.497 e. The zero-order valence-electron chi connectivity index (χ0n) is 18.2. The number of carbonyl (C=O) groups excluding carboxylic acids is 3. The second-order valence-corrected chi connectivity index (χ2v) is 7.36. The zero-order chi connectivity index (χ0) is 22.6. The Morgan fingerprint density at radius 1 is 0.968 bits per heavy atom. The van der Waals surface area contributed by atoms with Gasteiger partial charge in [-0.2, -0.15) is 0 Å². The molecular weight excluding hydrogens is 396 g/mol. The van der Waals surface area contributed by atoms with Gasteiger partial charge in [0.2, 0.25) is 5.91 Å². The largest absolute Gasteiger partial charge is 0.497 e. The quantitative estimate of drug-likeness (QED) is 0.424. The molecule has 0 aromatic heterocycles. The number of rotatable bonds is 11. The molecular formula is C24H30N2O5. The molecule has 1 unspecified atom stereocenters. The highest BCUT2D eigenvalue weighted by Gasteiger charge is 2.20. The summed E-state index contributed by atoms with van der Waals surface area (Å²) >= 11 is 0. The summed E-state index contributed by atoms with van der Waals surface area (Å²) < 4.78 is 10.3. The molecule has 0 heterocycles. The maximum Gasteiger partial charge on any atom is 0.308 e. The Labute approximate surface area is 183 Å². The van der Waals surface area contributed by atoms with Crippen molar-refractivity contribution in [3.05, 3.63) is 65.7 Å². The van der Waals surface area contributed by atoms with Crippen LogP contribution < -0.4 is 15.4 Å². The van der Waals surface area contributed by atoms with Crippen LogP contribution in [0.5, 0.6) is 5.75 Å². The zero-order valence-corrected chi connectivity index (χ0v) is 18.2. The van der Waals surface area contributed by atoms with Crippen LogP contribution in [0.1, 0.15) is 55.1 Å². The lowest BCUT2D eigenvalue weighted by atomic mass is 10.0. The summed E-state index contributed by atoms with van der Waals surface area (Å²) in [7, 11) is 1.57. The highest BCUT2D eigenvalue weighted by molar-refractivity contribution is 5.94. The fourth-order valence-corrected chi connectivity index (χ4v) is 2.98. The lowest BCUT2D eigenvalue weighted by Gasteiger charge is -2.19. The maximum absolute atomic E-state index is 12.4. The SMILES string of the molecule is COc1ccc(C(=O)NCCCC(=O)NC(CC(=O)OC(C)C)c2ccccc2)cc1. The summed E-state index contributed by atoms with van der Waals surface area (Å²) in [5, 5.41) is 5.70. The Hall–Kier alpha value is -3.35. The van der Waals surface area contributed by atoms with Crippen molar-refractivity contribution in [2.24, 2.45) is 0 Å². The predicted octanol–water partition coefficient (Wildman–Crippen LogP) is 3.40. The molecule has 2 amide bonds. The molecule has 0 saturated carbocycles. The fraction of sp³-hybridized carbons (Fsp3) is 0.375. The van der Waals surface area contributed by atoms with E-state index in [-0.39, 0.29) is 36.7 Å². The summed E-state index contributed by atoms with van der Waals surface area (Å²) in [6, 6.07) is 15.7. The van der Waals surface area contributed by atoms with Gasteiger partial charge in [-0.1, -0.05) is 30.3 Å². The van der Waals surface area contributed by atoms with Gasteiger partial charge in [0.05, 0.1) is 25.7 Å². The van der Waals surface area contributed by atoms with Gasteiger partial charge in [0.1, 0.15) is 5.75 Å². The van der Waals surface area contributed by atoms with Gasteiger partial charge in [-0.05, 0) is 50.1 Å². The van der Waals surface area contributed by atoms with Crippen molar-refractivity contribution in [2.45, 2.75) is 45.3 Å². The van der Waals surface area contributed by atoms with Crippen LogP contribution in [0.2, 0.25) is 0 Å². The minimum absolute atomic E-state index is 0.0577. The van der Waals surface area contributed by atoms with Crippen LogP contribution in [0.3, 0.4) is 0 Å². The molecule has 0 fully saturated rings. The van der Waals surface area contributed by atoms with E-state index in [9.17, 15) is 14.4 Å². The van der Waals surface area contributed by atoms with Crippen molar-refractivity contribution in [3.63, 3.8) is 0 Å². The molecule has 2 aromatic rings. The van der Waals surface area contributed by atoms with Crippen LogP contribution in [0.25, 0.3) is 0 Å². The molecule has 1 atom stereocenters. The van der Waals surface area contributed by atoms with Gasteiger partial charge in [-0.3, -0.25) is 14.4 Å². The van der Waals surface area contributed by atoms with E-state index < -0.39 is 6.04 Å². The van der Waals surface area contributed by atoms with Crippen LogP contribution in [-0.2, 0) is 14.3 Å². The number of nitrogens with one attached hydrogen (secondary N) is 2. The Morgan fingerprint density at radius 3 is 2.26 bits per heavy atom. The van der Waals surface area contributed by atoms with E-state index in [1.165, 1.54) is 0 Å². The first-order valence-electron chi connectivity index (χ1n) is 10.3. The van der Waals surface area contributed by atoms with Crippen LogP contribution in [0.4, 0.5) is 0 Å². The minimum atomic E-state index is -0.464. The van der Waals surface area contributed by atoms with Gasteiger partial charge >= 0.3 is 5.97 Å². The first-order valence-corrected chi connectivity index (χ1v) is 10.3. The summed E-state index contributed by atoms with van der Waals surface area (Å²) in [4.78, 5) is 36.7. The predicted molar refractivity (Wildman–Crippen MR) is 118 cm³/mol. The molecule has 0 aliphatic rings. The molecule has 2 aromatic carbocycles. The first kappa shape index (κ1) is 23.9. The van der Waals surface area contributed by atoms with Crippen molar-refractivity contribution >= 4 is 17.8 Å². The van der Waals surface area contributed by atoms with Gasteiger partial charge in [0, 0.05) is 18.5 Å². The number of carbonyl (C=O) groups is 3. The van der Waals surface area contributed by atoms with Crippen molar-refractivity contribution in [3.8, 4) is 5.75 Å². The van der Waals surface area contributed by atoms with Crippen LogP contribution in [0, 0.1) is 0 Å². The van der Waals surface area contributed by atoms with Crippen LogP contribution >= 0.6 is 0 Å². The van der Waals surface area contributed by atoms with Crippen molar-refractivity contribution in [2.75, 3.05) is 13.7 Å². The summed E-state index contributed by atoms with van der Waals surface area (Å²) in [5.74, 6) is -0.0825. The van der Waals surface area contributed by atoms with Gasteiger partial charge in [0.15, 0.2) is 0 Å². The second-order valence-electron chi connectivity index (χ2n) is 7.36. The Bertz CT molecular complexity index is 850. The molecule has 0 bridgehead atoms. The molecule has 0 spiro atoms. The normalized spacial score (nSPS) is 11.5. The molecule has 2 rings (SSSR count). The van der Waals surface area contributed by atoms with E-state index in [4.69, 9.17) is 9.47 Å². The number of ether oxygens (including phenoxy) is 2. The molecule has 0 saturated heterocycles. The average molecular weight is 427 g/mol. The molecule has 0 aliphatic carbocycles. The van der Waals surface area contributed by atoms with E-state index in [0.29, 0.717) is 24.3 Å². The molecule has 7 heteroatoms. The number of benzene rings is 2. The van der Waals surface area contributed by atoms with Crippen LogP contribution in [-0.4, -0.2) is 37.5 Å². The van der Waals surface area contributed by atoms with Crippen molar-refractivity contribution in [1.82, 2.24) is 10.6 Å². The fourth-order valence-electron chi connectivity index (χ4n) is 2.98. The number of esters is 1. The highest BCUT2D eigenvalue weighted by Crippen LogP contribution is 2.18. The Kier molecular flexibility index (Phi) is 9.55. The molecule has 0 radical (unpaired) electrons. The highest BCUT2D eigenvalue weighted by atomic mass is 16.5. The average Bonchev–Trinajstić information content (AvgIpc) is 2.76. The van der Waals surface area contributed by atoms with Gasteiger partial charge < -0.3 is 20.1 Å². The third kappa shape index (κ3) is 8.50. The van der Waals surface area contributed by atoms with Crippen molar-refractivity contribution in [1.29, 1.82) is 0 Å². The third-order valence-electron chi connectivity index (χ3n) is 4.49. The summed E-state index contributed by atoms with van der Waals surface area (Å²) in [6.07, 6.45) is 0.549. The Morgan fingerprint density at radius 2 is 1.65 bits per heavy atom.